The Morgan fingerprint density at radius 3 is 2.48 bits per heavy atom. The molecule has 0 aliphatic carbocycles. The number of carbonyl (C=O) groups is 1. The number of hydrogen-bond acceptors (Lipinski definition) is 5. The largest absolute Gasteiger partial charge is 0.357 e. The van der Waals surface area contributed by atoms with Crippen molar-refractivity contribution in [2.24, 2.45) is 0 Å². The van der Waals surface area contributed by atoms with Crippen molar-refractivity contribution in [1.29, 1.82) is 0 Å². The van der Waals surface area contributed by atoms with Gasteiger partial charge in [-0.25, -0.2) is 9.97 Å². The van der Waals surface area contributed by atoms with Crippen LogP contribution in [0.3, 0.4) is 0 Å². The monoisotopic (exact) mass is 384 g/mol. The summed E-state index contributed by atoms with van der Waals surface area (Å²) in [5.74, 6) is 0.115. The van der Waals surface area contributed by atoms with Crippen molar-refractivity contribution in [2.75, 3.05) is 18.9 Å². The first-order valence-corrected chi connectivity index (χ1v) is 9.49. The fourth-order valence-corrected chi connectivity index (χ4v) is 2.53. The second-order valence-electron chi connectivity index (χ2n) is 6.09. The van der Waals surface area contributed by atoms with E-state index in [0.29, 0.717) is 23.9 Å². The van der Waals surface area contributed by atoms with Gasteiger partial charge in [0.1, 0.15) is 5.69 Å². The summed E-state index contributed by atoms with van der Waals surface area (Å²) in [5.41, 5.74) is 4.11. The molecule has 0 unspecified atom stereocenters. The highest BCUT2D eigenvalue weighted by atomic mass is 32.2. The van der Waals surface area contributed by atoms with Gasteiger partial charge in [-0.2, -0.15) is 0 Å². The summed E-state index contributed by atoms with van der Waals surface area (Å²) in [6, 6.07) is 1.66. The molecule has 0 fully saturated rings. The number of nitrogens with zero attached hydrogens (tertiary/aromatic N) is 2. The van der Waals surface area contributed by atoms with Crippen LogP contribution in [0.4, 0.5) is 5.95 Å². The van der Waals surface area contributed by atoms with E-state index >= 15 is 0 Å². The van der Waals surface area contributed by atoms with Crippen LogP contribution in [0.1, 0.15) is 43.9 Å². The third kappa shape index (κ3) is 7.66. The maximum Gasteiger partial charge on any atom is 0.270 e. The summed E-state index contributed by atoms with van der Waals surface area (Å²) in [7, 11) is 1.72. The number of nitrogens with one attached hydrogen (secondary N) is 2. The molecule has 6 heteroatoms. The summed E-state index contributed by atoms with van der Waals surface area (Å²) in [6.45, 7) is 16.1. The molecule has 144 valence electrons. The van der Waals surface area contributed by atoms with E-state index in [1.54, 1.807) is 19.2 Å². The number of allylic oxidation sites excluding steroid dienone is 4. The molecule has 0 atom stereocenters. The minimum absolute atomic E-state index is 0.265. The maximum atomic E-state index is 12.6. The van der Waals surface area contributed by atoms with Gasteiger partial charge in [0.25, 0.3) is 5.91 Å². The molecular formula is C21H28N4OS. The number of thioether (sulfide) groups is 1. The van der Waals surface area contributed by atoms with E-state index in [1.807, 2.05) is 45.3 Å². The van der Waals surface area contributed by atoms with Gasteiger partial charge in [-0.15, -0.1) is 0 Å². The van der Waals surface area contributed by atoms with Crippen LogP contribution in [0.15, 0.2) is 59.6 Å². The molecule has 0 saturated heterocycles. The van der Waals surface area contributed by atoms with Crippen molar-refractivity contribution in [1.82, 2.24) is 15.3 Å². The highest BCUT2D eigenvalue weighted by Gasteiger charge is 2.13. The van der Waals surface area contributed by atoms with Gasteiger partial charge in [-0.05, 0) is 44.7 Å². The minimum atomic E-state index is -0.265. The van der Waals surface area contributed by atoms with Crippen LogP contribution in [0.5, 0.6) is 0 Å². The van der Waals surface area contributed by atoms with E-state index in [0.717, 1.165) is 16.1 Å². The molecule has 1 aromatic heterocycles. The highest BCUT2D eigenvalue weighted by molar-refractivity contribution is 8.10. The summed E-state index contributed by atoms with van der Waals surface area (Å²) < 4.78 is 0. The molecule has 0 bridgehead atoms. The van der Waals surface area contributed by atoms with Crippen LogP contribution in [0.25, 0.3) is 4.91 Å². The van der Waals surface area contributed by atoms with Gasteiger partial charge in [0.2, 0.25) is 5.95 Å². The Hall–Kier alpha value is -2.60. The van der Waals surface area contributed by atoms with Crippen molar-refractivity contribution in [3.05, 3.63) is 71.0 Å². The van der Waals surface area contributed by atoms with Gasteiger partial charge in [-0.1, -0.05) is 54.3 Å². The molecule has 2 N–H and O–H groups in total. The number of anilines is 1. The van der Waals surface area contributed by atoms with E-state index in [4.69, 9.17) is 0 Å². The minimum Gasteiger partial charge on any atom is -0.357 e. The van der Waals surface area contributed by atoms with Crippen LogP contribution in [-0.4, -0.2) is 29.5 Å². The molecule has 0 aromatic carbocycles. The number of amides is 1. The lowest BCUT2D eigenvalue weighted by atomic mass is 10.1. The topological polar surface area (TPSA) is 66.9 Å². The maximum absolute atomic E-state index is 12.6. The van der Waals surface area contributed by atoms with Gasteiger partial charge in [0.15, 0.2) is 0 Å². The lowest BCUT2D eigenvalue weighted by Gasteiger charge is -2.10. The summed E-state index contributed by atoms with van der Waals surface area (Å²) in [6.07, 6.45) is 5.71. The molecule has 1 heterocycles. The van der Waals surface area contributed by atoms with Crippen LogP contribution in [0, 0.1) is 0 Å². The van der Waals surface area contributed by atoms with E-state index in [-0.39, 0.29) is 5.91 Å². The Kier molecular flexibility index (Phi) is 9.30. The molecule has 27 heavy (non-hydrogen) atoms. The molecule has 1 amide bonds. The van der Waals surface area contributed by atoms with E-state index < -0.39 is 0 Å². The summed E-state index contributed by atoms with van der Waals surface area (Å²) in [4.78, 5) is 22.0. The molecule has 0 aliphatic heterocycles. The lowest BCUT2D eigenvalue weighted by molar-refractivity contribution is 0.0952. The van der Waals surface area contributed by atoms with Crippen molar-refractivity contribution in [2.45, 2.75) is 27.7 Å². The first-order chi connectivity index (χ1) is 12.8. The van der Waals surface area contributed by atoms with Gasteiger partial charge in [-0.3, -0.25) is 4.79 Å². The Balaban J connectivity index is 2.99. The Labute approximate surface area is 166 Å². The second kappa shape index (κ2) is 11.2. The van der Waals surface area contributed by atoms with Crippen LogP contribution < -0.4 is 10.6 Å². The quantitative estimate of drug-likeness (QED) is 0.589. The normalized spacial score (nSPS) is 11.6. The van der Waals surface area contributed by atoms with E-state index in [9.17, 15) is 4.79 Å². The number of hydrogen-bond donors (Lipinski definition) is 2. The van der Waals surface area contributed by atoms with Crippen molar-refractivity contribution < 1.29 is 4.79 Å². The number of carbonyl (C=O) groups excluding carboxylic acids is 1. The first kappa shape index (κ1) is 22.4. The zero-order chi connectivity index (χ0) is 20.4. The fraction of sp³-hybridized carbons (Fsp3) is 0.286. The first-order valence-electron chi connectivity index (χ1n) is 8.61. The van der Waals surface area contributed by atoms with Crippen molar-refractivity contribution in [3.8, 4) is 0 Å². The average molecular weight is 385 g/mol. The molecule has 1 rings (SSSR count). The van der Waals surface area contributed by atoms with Crippen LogP contribution >= 0.6 is 11.8 Å². The van der Waals surface area contributed by atoms with Gasteiger partial charge >= 0.3 is 0 Å². The number of aromatic nitrogens is 2. The summed E-state index contributed by atoms with van der Waals surface area (Å²) in [5, 5.41) is 7.78. The zero-order valence-electron chi connectivity index (χ0n) is 16.7. The van der Waals surface area contributed by atoms with Gasteiger partial charge in [0, 0.05) is 18.5 Å². The third-order valence-corrected chi connectivity index (χ3v) is 4.55. The van der Waals surface area contributed by atoms with Gasteiger partial charge in [0.05, 0.1) is 5.69 Å². The van der Waals surface area contributed by atoms with Crippen LogP contribution in [0.2, 0.25) is 0 Å². The Bertz CT molecular complexity index is 802. The Morgan fingerprint density at radius 2 is 1.93 bits per heavy atom. The van der Waals surface area contributed by atoms with E-state index in [1.165, 1.54) is 17.3 Å². The van der Waals surface area contributed by atoms with Gasteiger partial charge < -0.3 is 10.6 Å². The highest BCUT2D eigenvalue weighted by Crippen LogP contribution is 2.27. The van der Waals surface area contributed by atoms with Crippen molar-refractivity contribution >= 4 is 28.5 Å². The standard InChI is InChI=1S/C21H28N4OS/c1-8-15(5)10-17(9-2)12-23-20(26)19-11-18(24-21(22-7)25-19)16(6)27-13-14(3)4/h8-11,13H,1,6,12H2,2-5,7H3,(H,23,26)(H,22,24,25)/b15-10-,17-9+. The zero-order valence-corrected chi connectivity index (χ0v) is 17.5. The third-order valence-electron chi connectivity index (χ3n) is 3.46. The molecule has 0 spiro atoms. The lowest BCUT2D eigenvalue weighted by Crippen LogP contribution is -2.26. The molecule has 5 nitrogen and oxygen atoms in total. The molecule has 0 radical (unpaired) electrons. The fourth-order valence-electron chi connectivity index (χ4n) is 1.93. The second-order valence-corrected chi connectivity index (χ2v) is 7.05. The van der Waals surface area contributed by atoms with Crippen LogP contribution in [-0.2, 0) is 0 Å². The molecule has 1 aromatic rings. The predicted molar refractivity (Wildman–Crippen MR) is 118 cm³/mol. The van der Waals surface area contributed by atoms with E-state index in [2.05, 4.69) is 33.8 Å². The average Bonchev–Trinajstić information content (AvgIpc) is 2.67. The van der Waals surface area contributed by atoms with Crippen molar-refractivity contribution in [3.63, 3.8) is 0 Å². The predicted octanol–water partition coefficient (Wildman–Crippen LogP) is 4.95. The molecule has 0 aliphatic rings. The Morgan fingerprint density at radius 1 is 1.26 bits per heavy atom. The molecular weight excluding hydrogens is 356 g/mol. The SMILES string of the molecule is C=C/C(C)=C\C(=C/C)CNC(=O)c1cc(C(=C)SC=C(C)C)nc(NC)n1. The molecule has 0 saturated carbocycles. The number of rotatable bonds is 9. The smallest absolute Gasteiger partial charge is 0.270 e. The summed E-state index contributed by atoms with van der Waals surface area (Å²) >= 11 is 1.48.